The molecule has 0 heterocycles. The predicted octanol–water partition coefficient (Wildman–Crippen LogP) is 2.82. The summed E-state index contributed by atoms with van der Waals surface area (Å²) in [6, 6.07) is 4.31. The van der Waals surface area contributed by atoms with Gasteiger partial charge in [0.1, 0.15) is 5.75 Å². The van der Waals surface area contributed by atoms with E-state index in [1.807, 2.05) is 0 Å². The Kier molecular flexibility index (Phi) is 5.43. The first kappa shape index (κ1) is 15.3. The summed E-state index contributed by atoms with van der Waals surface area (Å²) in [6.45, 7) is 2.51. The molecule has 0 saturated heterocycles. The molecule has 1 aromatic rings. The molecule has 0 spiro atoms. The number of alkyl halides is 3. The summed E-state index contributed by atoms with van der Waals surface area (Å²) in [4.78, 5) is 0. The number of aliphatic hydroxyl groups excluding tert-OH is 1. The number of nitrogens with one attached hydrogen (secondary N) is 1. The average molecular weight is 328 g/mol. The van der Waals surface area contributed by atoms with Gasteiger partial charge in [-0.1, -0.05) is 6.07 Å². The van der Waals surface area contributed by atoms with Crippen LogP contribution in [0.4, 0.5) is 13.2 Å². The minimum atomic E-state index is -4.70. The standard InChI is InChI=1S/C11H13BrF3NO2/c1-7(17)5-16-6-8-2-3-10(9(12)4-8)18-11(13,14)15/h2-4,7,16-17H,5-6H2,1H3/t7-/m1/s1. The van der Waals surface area contributed by atoms with Gasteiger partial charge in [0.05, 0.1) is 10.6 Å². The van der Waals surface area contributed by atoms with Gasteiger partial charge in [0.2, 0.25) is 0 Å². The van der Waals surface area contributed by atoms with Crippen molar-refractivity contribution in [1.29, 1.82) is 0 Å². The van der Waals surface area contributed by atoms with E-state index in [-0.39, 0.29) is 10.2 Å². The maximum atomic E-state index is 12.0. The van der Waals surface area contributed by atoms with E-state index in [0.717, 1.165) is 5.56 Å². The Labute approximate surface area is 111 Å². The first-order valence-corrected chi connectivity index (χ1v) is 6.00. The molecule has 18 heavy (non-hydrogen) atoms. The lowest BCUT2D eigenvalue weighted by Gasteiger charge is -2.12. The van der Waals surface area contributed by atoms with Gasteiger partial charge < -0.3 is 15.2 Å². The lowest BCUT2D eigenvalue weighted by atomic mass is 10.2. The third-order valence-electron chi connectivity index (χ3n) is 1.99. The second kappa shape index (κ2) is 6.40. The third kappa shape index (κ3) is 5.70. The molecule has 3 nitrogen and oxygen atoms in total. The fraction of sp³-hybridized carbons (Fsp3) is 0.455. The highest BCUT2D eigenvalue weighted by Crippen LogP contribution is 2.30. The quantitative estimate of drug-likeness (QED) is 0.873. The summed E-state index contributed by atoms with van der Waals surface area (Å²) in [5, 5.41) is 12.0. The molecule has 1 rings (SSSR count). The van der Waals surface area contributed by atoms with Crippen LogP contribution in [0.5, 0.6) is 5.75 Å². The number of ether oxygens (including phenoxy) is 1. The van der Waals surface area contributed by atoms with E-state index in [4.69, 9.17) is 5.11 Å². The normalized spacial score (nSPS) is 13.4. The van der Waals surface area contributed by atoms with Crippen LogP contribution in [0, 0.1) is 0 Å². The molecule has 0 aliphatic heterocycles. The van der Waals surface area contributed by atoms with Crippen molar-refractivity contribution in [3.8, 4) is 5.75 Å². The Hall–Kier alpha value is -0.790. The Morgan fingerprint density at radius 1 is 1.44 bits per heavy atom. The first-order valence-electron chi connectivity index (χ1n) is 5.21. The fourth-order valence-electron chi connectivity index (χ4n) is 1.29. The number of hydrogen-bond donors (Lipinski definition) is 2. The summed E-state index contributed by atoms with van der Waals surface area (Å²) < 4.78 is 40.1. The summed E-state index contributed by atoms with van der Waals surface area (Å²) in [7, 11) is 0. The molecule has 2 N–H and O–H groups in total. The first-order chi connectivity index (χ1) is 8.28. The number of hydrogen-bond acceptors (Lipinski definition) is 3. The van der Waals surface area contributed by atoms with Crippen LogP contribution in [0.25, 0.3) is 0 Å². The second-order valence-corrected chi connectivity index (χ2v) is 4.65. The zero-order valence-corrected chi connectivity index (χ0v) is 11.2. The van der Waals surface area contributed by atoms with Gasteiger partial charge in [0.15, 0.2) is 0 Å². The summed E-state index contributed by atoms with van der Waals surface area (Å²) >= 11 is 3.02. The van der Waals surface area contributed by atoms with Crippen molar-refractivity contribution in [1.82, 2.24) is 5.32 Å². The van der Waals surface area contributed by atoms with Crippen LogP contribution in [0.3, 0.4) is 0 Å². The second-order valence-electron chi connectivity index (χ2n) is 3.79. The molecule has 1 aromatic carbocycles. The molecule has 0 aliphatic rings. The zero-order chi connectivity index (χ0) is 13.8. The third-order valence-corrected chi connectivity index (χ3v) is 2.61. The largest absolute Gasteiger partial charge is 0.573 e. The van der Waals surface area contributed by atoms with Crippen molar-refractivity contribution in [3.05, 3.63) is 28.2 Å². The van der Waals surface area contributed by atoms with Crippen LogP contribution >= 0.6 is 15.9 Å². The van der Waals surface area contributed by atoms with Crippen LogP contribution in [0.1, 0.15) is 12.5 Å². The minimum Gasteiger partial charge on any atom is -0.405 e. The topological polar surface area (TPSA) is 41.5 Å². The molecule has 0 unspecified atom stereocenters. The van der Waals surface area contributed by atoms with Crippen molar-refractivity contribution in [3.63, 3.8) is 0 Å². The van der Waals surface area contributed by atoms with Crippen molar-refractivity contribution in [2.45, 2.75) is 25.9 Å². The van der Waals surface area contributed by atoms with Crippen molar-refractivity contribution in [2.24, 2.45) is 0 Å². The van der Waals surface area contributed by atoms with Gasteiger partial charge >= 0.3 is 6.36 Å². The Morgan fingerprint density at radius 2 is 2.11 bits per heavy atom. The van der Waals surface area contributed by atoms with Crippen LogP contribution in [-0.4, -0.2) is 24.1 Å². The number of rotatable bonds is 5. The van der Waals surface area contributed by atoms with Crippen LogP contribution in [0.15, 0.2) is 22.7 Å². The van der Waals surface area contributed by atoms with Crippen molar-refractivity contribution in [2.75, 3.05) is 6.54 Å². The molecule has 0 aromatic heterocycles. The van der Waals surface area contributed by atoms with Crippen LogP contribution in [-0.2, 0) is 6.54 Å². The molecule has 0 aliphatic carbocycles. The van der Waals surface area contributed by atoms with E-state index in [1.165, 1.54) is 18.2 Å². The molecular formula is C11H13BrF3NO2. The molecular weight excluding hydrogens is 315 g/mol. The smallest absolute Gasteiger partial charge is 0.405 e. The monoisotopic (exact) mass is 327 g/mol. The number of benzene rings is 1. The number of halogens is 4. The predicted molar refractivity (Wildman–Crippen MR) is 64.2 cm³/mol. The molecule has 7 heteroatoms. The van der Waals surface area contributed by atoms with Crippen molar-refractivity contribution >= 4 is 15.9 Å². The van der Waals surface area contributed by atoms with E-state index >= 15 is 0 Å². The average Bonchev–Trinajstić information content (AvgIpc) is 2.19. The maximum absolute atomic E-state index is 12.0. The molecule has 1 atom stereocenters. The lowest BCUT2D eigenvalue weighted by Crippen LogP contribution is -2.23. The van der Waals surface area contributed by atoms with Crippen LogP contribution < -0.4 is 10.1 Å². The minimum absolute atomic E-state index is 0.233. The van der Waals surface area contributed by atoms with E-state index in [0.29, 0.717) is 13.1 Å². The highest BCUT2D eigenvalue weighted by atomic mass is 79.9. The van der Waals surface area contributed by atoms with Crippen molar-refractivity contribution < 1.29 is 23.0 Å². The van der Waals surface area contributed by atoms with Gasteiger partial charge in [-0.3, -0.25) is 0 Å². The van der Waals surface area contributed by atoms with Gasteiger partial charge in [-0.15, -0.1) is 13.2 Å². The summed E-state index contributed by atoms with van der Waals surface area (Å²) in [6.07, 6.45) is -5.17. The fourth-order valence-corrected chi connectivity index (χ4v) is 1.79. The van der Waals surface area contributed by atoms with E-state index < -0.39 is 12.5 Å². The van der Waals surface area contributed by atoms with E-state index in [2.05, 4.69) is 26.0 Å². The van der Waals surface area contributed by atoms with E-state index in [1.54, 1.807) is 6.92 Å². The van der Waals surface area contributed by atoms with Gasteiger partial charge in [0, 0.05) is 13.1 Å². The van der Waals surface area contributed by atoms with Gasteiger partial charge in [-0.25, -0.2) is 0 Å². The zero-order valence-electron chi connectivity index (χ0n) is 9.59. The highest BCUT2D eigenvalue weighted by molar-refractivity contribution is 9.10. The summed E-state index contributed by atoms with van der Waals surface area (Å²) in [5.74, 6) is -0.276. The maximum Gasteiger partial charge on any atom is 0.573 e. The van der Waals surface area contributed by atoms with Gasteiger partial charge in [-0.2, -0.15) is 0 Å². The Balaban J connectivity index is 2.62. The highest BCUT2D eigenvalue weighted by Gasteiger charge is 2.31. The van der Waals surface area contributed by atoms with Gasteiger partial charge in [0.25, 0.3) is 0 Å². The molecule has 0 radical (unpaired) electrons. The molecule has 0 fully saturated rings. The van der Waals surface area contributed by atoms with E-state index in [9.17, 15) is 13.2 Å². The lowest BCUT2D eigenvalue weighted by molar-refractivity contribution is -0.274. The SMILES string of the molecule is C[C@@H](O)CNCc1ccc(OC(F)(F)F)c(Br)c1. The molecule has 102 valence electrons. The Bertz CT molecular complexity index is 396. The molecule has 0 amide bonds. The molecule has 0 bridgehead atoms. The van der Waals surface area contributed by atoms with Gasteiger partial charge in [-0.05, 0) is 40.5 Å². The molecule has 0 saturated carbocycles. The Morgan fingerprint density at radius 3 is 2.61 bits per heavy atom. The van der Waals surface area contributed by atoms with Crippen LogP contribution in [0.2, 0.25) is 0 Å². The summed E-state index contributed by atoms with van der Waals surface area (Å²) in [5.41, 5.74) is 0.789. The number of aliphatic hydroxyl groups is 1.